The third-order valence-electron chi connectivity index (χ3n) is 6.31. The van der Waals surface area contributed by atoms with Crippen LogP contribution in [-0.4, -0.2) is 33.5 Å². The molecule has 1 aromatic carbocycles. The van der Waals surface area contributed by atoms with Crippen LogP contribution in [-0.2, 0) is 15.0 Å². The minimum absolute atomic E-state index is 0.0847. The number of aliphatic carboxylic acids is 1. The maximum atomic E-state index is 12.9. The van der Waals surface area contributed by atoms with Crippen LogP contribution in [0.2, 0.25) is 0 Å². The molecule has 4 rings (SSSR count). The molecule has 2 aromatic rings. The van der Waals surface area contributed by atoms with Crippen molar-refractivity contribution in [3.8, 4) is 6.07 Å². The van der Waals surface area contributed by atoms with Gasteiger partial charge in [0.1, 0.15) is 11.2 Å². The maximum absolute atomic E-state index is 12.9. The summed E-state index contributed by atoms with van der Waals surface area (Å²) < 4.78 is 0. The number of nitrogens with zero attached hydrogens (tertiary/aromatic N) is 4. The lowest BCUT2D eigenvalue weighted by Crippen LogP contribution is -2.37. The van der Waals surface area contributed by atoms with Gasteiger partial charge < -0.3 is 10.4 Å². The van der Waals surface area contributed by atoms with E-state index in [9.17, 15) is 20.0 Å². The topological polar surface area (TPSA) is 119 Å². The highest BCUT2D eigenvalue weighted by molar-refractivity contribution is 6.01. The Balaban J connectivity index is 1.52. The molecule has 0 unspecified atom stereocenters. The second-order valence-electron chi connectivity index (χ2n) is 8.27. The Morgan fingerprint density at radius 3 is 2.47 bits per heavy atom. The van der Waals surface area contributed by atoms with Gasteiger partial charge in [-0.05, 0) is 48.9 Å². The second-order valence-corrected chi connectivity index (χ2v) is 8.27. The zero-order valence-corrected chi connectivity index (χ0v) is 16.9. The zero-order chi connectivity index (χ0) is 21.5. The Morgan fingerprint density at radius 1 is 1.23 bits per heavy atom. The van der Waals surface area contributed by atoms with Crippen LogP contribution in [0.4, 0.5) is 17.5 Å². The number of nitrogens with one attached hydrogen (secondary N) is 1. The summed E-state index contributed by atoms with van der Waals surface area (Å²) in [4.78, 5) is 34.6. The molecule has 1 amide bonds. The molecule has 30 heavy (non-hydrogen) atoms. The average Bonchev–Trinajstić information content (AvgIpc) is 3.47. The smallest absolute Gasteiger partial charge is 0.314 e. The standard InChI is InChI=1S/C22H23N5O3/c1-14(2)22(13-23)10-12-27(18(22)28)17-7-11-24-20(26-17)25-16-5-3-15(4-6-16)21(8-9-21)19(29)30/h3-7,11,14H,8-10,12H2,1-2H3,(H,29,30)(H,24,25,26)/t22-/m1/s1. The minimum atomic E-state index is -1.02. The van der Waals surface area contributed by atoms with E-state index in [1.165, 1.54) is 0 Å². The number of carbonyl (C=O) groups is 2. The lowest BCUT2D eigenvalue weighted by molar-refractivity contribution is -0.140. The van der Waals surface area contributed by atoms with Gasteiger partial charge in [0.05, 0.1) is 11.5 Å². The molecule has 1 atom stereocenters. The lowest BCUT2D eigenvalue weighted by Gasteiger charge is -2.24. The Kier molecular flexibility index (Phi) is 4.69. The number of benzene rings is 1. The van der Waals surface area contributed by atoms with Crippen molar-refractivity contribution in [1.29, 1.82) is 5.26 Å². The molecule has 0 bridgehead atoms. The predicted molar refractivity (Wildman–Crippen MR) is 110 cm³/mol. The number of anilines is 3. The number of rotatable bonds is 6. The van der Waals surface area contributed by atoms with Crippen molar-refractivity contribution >= 4 is 29.3 Å². The number of amides is 1. The summed E-state index contributed by atoms with van der Waals surface area (Å²) in [7, 11) is 0. The van der Waals surface area contributed by atoms with Crippen molar-refractivity contribution in [3.05, 3.63) is 42.1 Å². The minimum Gasteiger partial charge on any atom is -0.481 e. The molecular weight excluding hydrogens is 382 g/mol. The van der Waals surface area contributed by atoms with Gasteiger partial charge in [0.2, 0.25) is 11.9 Å². The molecule has 8 nitrogen and oxygen atoms in total. The van der Waals surface area contributed by atoms with Gasteiger partial charge in [0.15, 0.2) is 0 Å². The zero-order valence-electron chi connectivity index (χ0n) is 16.9. The van der Waals surface area contributed by atoms with Crippen LogP contribution in [0.1, 0.15) is 38.7 Å². The molecule has 0 spiro atoms. The third kappa shape index (κ3) is 3.07. The number of carboxylic acids is 1. The molecule has 2 heterocycles. The quantitative estimate of drug-likeness (QED) is 0.757. The Hall–Kier alpha value is -3.47. The highest BCUT2D eigenvalue weighted by atomic mass is 16.4. The van der Waals surface area contributed by atoms with Crippen LogP contribution in [0, 0.1) is 22.7 Å². The fourth-order valence-corrected chi connectivity index (χ4v) is 4.04. The first kappa shape index (κ1) is 19.8. The van der Waals surface area contributed by atoms with Crippen molar-refractivity contribution < 1.29 is 14.7 Å². The summed E-state index contributed by atoms with van der Waals surface area (Å²) >= 11 is 0. The number of carboxylic acid groups (broad SMARTS) is 1. The van der Waals surface area contributed by atoms with Gasteiger partial charge >= 0.3 is 5.97 Å². The summed E-state index contributed by atoms with van der Waals surface area (Å²) in [6.45, 7) is 4.21. The van der Waals surface area contributed by atoms with E-state index >= 15 is 0 Å². The van der Waals surface area contributed by atoms with E-state index in [-0.39, 0.29) is 11.8 Å². The number of hydrogen-bond acceptors (Lipinski definition) is 6. The molecule has 1 aliphatic carbocycles. The highest BCUT2D eigenvalue weighted by Gasteiger charge is 2.52. The van der Waals surface area contributed by atoms with E-state index in [1.54, 1.807) is 41.4 Å². The van der Waals surface area contributed by atoms with Crippen molar-refractivity contribution in [2.75, 3.05) is 16.8 Å². The SMILES string of the molecule is CC(C)[C@]1(C#N)CCN(c2ccnc(Nc3ccc(C4(C(=O)O)CC4)cc3)n2)C1=O. The summed E-state index contributed by atoms with van der Waals surface area (Å²) in [6, 6.07) is 11.1. The molecule has 2 aliphatic rings. The number of carbonyl (C=O) groups excluding carboxylic acids is 1. The summed E-state index contributed by atoms with van der Waals surface area (Å²) in [6.07, 6.45) is 3.35. The summed E-state index contributed by atoms with van der Waals surface area (Å²) in [5, 5.41) is 22.1. The van der Waals surface area contributed by atoms with Gasteiger partial charge in [0, 0.05) is 18.4 Å². The highest BCUT2D eigenvalue weighted by Crippen LogP contribution is 2.48. The first-order chi connectivity index (χ1) is 14.3. The number of nitriles is 1. The van der Waals surface area contributed by atoms with Crippen molar-refractivity contribution in [1.82, 2.24) is 9.97 Å². The van der Waals surface area contributed by atoms with E-state index in [0.29, 0.717) is 37.6 Å². The van der Waals surface area contributed by atoms with Crippen molar-refractivity contribution in [2.45, 2.75) is 38.5 Å². The Morgan fingerprint density at radius 2 is 1.93 bits per heavy atom. The summed E-state index contributed by atoms with van der Waals surface area (Å²) in [5.74, 6) is -0.318. The monoisotopic (exact) mass is 405 g/mol. The van der Waals surface area contributed by atoms with Crippen LogP contribution in [0.15, 0.2) is 36.5 Å². The van der Waals surface area contributed by atoms with E-state index in [0.717, 1.165) is 11.3 Å². The van der Waals surface area contributed by atoms with Gasteiger partial charge in [-0.1, -0.05) is 26.0 Å². The van der Waals surface area contributed by atoms with Gasteiger partial charge in [0.25, 0.3) is 0 Å². The van der Waals surface area contributed by atoms with E-state index in [1.807, 2.05) is 13.8 Å². The largest absolute Gasteiger partial charge is 0.481 e. The molecule has 2 fully saturated rings. The number of aromatic nitrogens is 2. The molecule has 1 saturated heterocycles. The first-order valence-electron chi connectivity index (χ1n) is 10.00. The molecule has 1 aliphatic heterocycles. The summed E-state index contributed by atoms with van der Waals surface area (Å²) in [5.41, 5.74) is -0.246. The molecule has 2 N–H and O–H groups in total. The first-order valence-corrected chi connectivity index (χ1v) is 10.00. The van der Waals surface area contributed by atoms with Crippen LogP contribution >= 0.6 is 0 Å². The third-order valence-corrected chi connectivity index (χ3v) is 6.31. The fourth-order valence-electron chi connectivity index (χ4n) is 4.04. The molecule has 1 saturated carbocycles. The van der Waals surface area contributed by atoms with E-state index in [4.69, 9.17) is 0 Å². The van der Waals surface area contributed by atoms with E-state index < -0.39 is 16.8 Å². The maximum Gasteiger partial charge on any atom is 0.314 e. The van der Waals surface area contributed by atoms with E-state index in [2.05, 4.69) is 21.4 Å². The lowest BCUT2D eigenvalue weighted by atomic mass is 9.77. The molecular formula is C22H23N5O3. The molecule has 8 heteroatoms. The fraction of sp³-hybridized carbons (Fsp3) is 0.409. The van der Waals surface area contributed by atoms with Crippen LogP contribution in [0.3, 0.4) is 0 Å². The van der Waals surface area contributed by atoms with Crippen molar-refractivity contribution in [2.24, 2.45) is 11.3 Å². The molecule has 0 radical (unpaired) electrons. The van der Waals surface area contributed by atoms with Crippen LogP contribution in [0.25, 0.3) is 0 Å². The van der Waals surface area contributed by atoms with Crippen molar-refractivity contribution in [3.63, 3.8) is 0 Å². The van der Waals surface area contributed by atoms with Gasteiger partial charge in [-0.2, -0.15) is 10.2 Å². The van der Waals surface area contributed by atoms with Crippen LogP contribution in [0.5, 0.6) is 0 Å². The second kappa shape index (κ2) is 7.10. The molecule has 154 valence electrons. The van der Waals surface area contributed by atoms with Gasteiger partial charge in [-0.25, -0.2) is 4.98 Å². The average molecular weight is 405 g/mol. The molecule has 1 aromatic heterocycles. The predicted octanol–water partition coefficient (Wildman–Crippen LogP) is 3.24. The Bertz CT molecular complexity index is 1040. The van der Waals surface area contributed by atoms with Crippen LogP contribution < -0.4 is 10.2 Å². The normalized spacial score (nSPS) is 22.1. The van der Waals surface area contributed by atoms with Gasteiger partial charge in [-0.15, -0.1) is 0 Å². The number of hydrogen-bond donors (Lipinski definition) is 2. The van der Waals surface area contributed by atoms with Gasteiger partial charge in [-0.3, -0.25) is 14.5 Å². The Labute approximate surface area is 174 Å².